The number of hydrogen-bond acceptors (Lipinski definition) is 5. The largest absolute Gasteiger partial charge is 0.469 e. The van der Waals surface area contributed by atoms with Crippen molar-refractivity contribution in [2.24, 2.45) is 11.3 Å². The molecule has 1 atom stereocenters. The Kier molecular flexibility index (Phi) is 5.56. The Hall–Kier alpha value is -2.34. The van der Waals surface area contributed by atoms with Crippen LogP contribution in [-0.2, 0) is 9.53 Å². The van der Waals surface area contributed by atoms with Crippen LogP contribution in [0.15, 0.2) is 41.3 Å². The summed E-state index contributed by atoms with van der Waals surface area (Å²) in [6.07, 6.45) is 3.46. The first kappa shape index (κ1) is 19.4. The lowest BCUT2D eigenvalue weighted by Gasteiger charge is -2.40. The van der Waals surface area contributed by atoms with Crippen molar-refractivity contribution in [1.29, 1.82) is 0 Å². The molecule has 1 aliphatic rings. The molecule has 1 aliphatic heterocycles. The maximum Gasteiger partial charge on any atom is 0.311 e. The molecule has 0 N–H and O–H groups in total. The Morgan fingerprint density at radius 2 is 2.00 bits per heavy atom. The molecule has 2 heterocycles. The number of carbonyl (C=O) groups excluding carboxylic acids is 1. The summed E-state index contributed by atoms with van der Waals surface area (Å²) in [7, 11) is 1.41. The normalized spacial score (nSPS) is 17.6. The number of nitrogens with zero attached hydrogens (tertiary/aromatic N) is 3. The van der Waals surface area contributed by atoms with Crippen LogP contribution in [0.25, 0.3) is 5.69 Å². The lowest BCUT2D eigenvalue weighted by Crippen LogP contribution is -2.45. The number of piperidine rings is 1. The van der Waals surface area contributed by atoms with Crippen molar-refractivity contribution >= 4 is 23.3 Å². The molecule has 0 amide bonds. The quantitative estimate of drug-likeness (QED) is 0.750. The third kappa shape index (κ3) is 3.72. The lowest BCUT2D eigenvalue weighted by atomic mass is 9.74. The average molecular weight is 390 g/mol. The van der Waals surface area contributed by atoms with Gasteiger partial charge in [0.25, 0.3) is 5.56 Å². The molecule has 1 fully saturated rings. The summed E-state index contributed by atoms with van der Waals surface area (Å²) in [5.41, 5.74) is 0.319. The zero-order valence-corrected chi connectivity index (χ0v) is 16.6. The molecule has 1 aromatic carbocycles. The summed E-state index contributed by atoms with van der Waals surface area (Å²) >= 11 is 6.43. The number of para-hydroxylation sites is 1. The summed E-state index contributed by atoms with van der Waals surface area (Å²) in [4.78, 5) is 26.9. The van der Waals surface area contributed by atoms with Crippen LogP contribution in [0.5, 0.6) is 0 Å². The van der Waals surface area contributed by atoms with E-state index in [0.29, 0.717) is 17.9 Å². The molecule has 3 rings (SSSR count). The van der Waals surface area contributed by atoms with Gasteiger partial charge in [0.05, 0.1) is 30.1 Å². The van der Waals surface area contributed by atoms with Crippen molar-refractivity contribution in [3.05, 3.63) is 51.9 Å². The van der Waals surface area contributed by atoms with Crippen LogP contribution in [0.4, 0.5) is 5.69 Å². The predicted octanol–water partition coefficient (Wildman–Crippen LogP) is 3.30. The Balaban J connectivity index is 1.90. The number of aromatic nitrogens is 2. The van der Waals surface area contributed by atoms with Gasteiger partial charge < -0.3 is 9.64 Å². The SMILES string of the molecule is COC(=O)C(C)(C)C1CCCN(c2cnn(-c3ccccc3)c(=O)c2Cl)C1. The van der Waals surface area contributed by atoms with E-state index in [1.807, 2.05) is 36.9 Å². The highest BCUT2D eigenvalue weighted by Crippen LogP contribution is 2.37. The first-order valence-corrected chi connectivity index (χ1v) is 9.40. The van der Waals surface area contributed by atoms with E-state index in [1.54, 1.807) is 18.3 Å². The summed E-state index contributed by atoms with van der Waals surface area (Å²) in [5.74, 6) is -0.121. The second kappa shape index (κ2) is 7.72. The second-order valence-electron chi connectivity index (χ2n) is 7.39. The zero-order valence-electron chi connectivity index (χ0n) is 15.8. The number of carbonyl (C=O) groups is 1. The fourth-order valence-electron chi connectivity index (χ4n) is 3.61. The van der Waals surface area contributed by atoms with Crippen LogP contribution in [-0.4, -0.2) is 35.9 Å². The van der Waals surface area contributed by atoms with E-state index in [9.17, 15) is 9.59 Å². The molecule has 6 nitrogen and oxygen atoms in total. The minimum atomic E-state index is -0.605. The number of esters is 1. The molecular weight excluding hydrogens is 366 g/mol. The third-order valence-electron chi connectivity index (χ3n) is 5.40. The number of halogens is 1. The van der Waals surface area contributed by atoms with Gasteiger partial charge in [-0.1, -0.05) is 29.8 Å². The first-order valence-electron chi connectivity index (χ1n) is 9.03. The Morgan fingerprint density at radius 3 is 2.67 bits per heavy atom. The molecular formula is C20H24ClN3O3. The van der Waals surface area contributed by atoms with E-state index in [2.05, 4.69) is 5.10 Å². The summed E-state index contributed by atoms with van der Waals surface area (Å²) in [6, 6.07) is 9.17. The summed E-state index contributed by atoms with van der Waals surface area (Å²) < 4.78 is 6.26. The van der Waals surface area contributed by atoms with Gasteiger partial charge in [0.2, 0.25) is 0 Å². The van der Waals surface area contributed by atoms with Gasteiger partial charge in [-0.25, -0.2) is 0 Å². The molecule has 1 saturated heterocycles. The lowest BCUT2D eigenvalue weighted by molar-refractivity contribution is -0.154. The van der Waals surface area contributed by atoms with Crippen LogP contribution in [0.2, 0.25) is 5.02 Å². The van der Waals surface area contributed by atoms with Crippen LogP contribution >= 0.6 is 11.6 Å². The van der Waals surface area contributed by atoms with Crippen molar-refractivity contribution < 1.29 is 9.53 Å². The van der Waals surface area contributed by atoms with E-state index < -0.39 is 5.41 Å². The number of rotatable bonds is 4. The van der Waals surface area contributed by atoms with Gasteiger partial charge in [-0.15, -0.1) is 0 Å². The summed E-state index contributed by atoms with van der Waals surface area (Å²) in [6.45, 7) is 5.20. The Labute approximate surface area is 163 Å². The van der Waals surface area contributed by atoms with Gasteiger partial charge >= 0.3 is 5.97 Å². The fraction of sp³-hybridized carbons (Fsp3) is 0.450. The highest BCUT2D eigenvalue weighted by Gasteiger charge is 2.40. The molecule has 0 saturated carbocycles. The number of benzene rings is 1. The number of ether oxygens (including phenoxy) is 1. The standard InChI is InChI=1S/C20H24ClN3O3/c1-20(2,19(26)27-3)14-8-7-11-23(13-14)16-12-22-24(18(25)17(16)21)15-9-5-4-6-10-15/h4-6,9-10,12,14H,7-8,11,13H2,1-3H3. The smallest absolute Gasteiger partial charge is 0.311 e. The topological polar surface area (TPSA) is 64.4 Å². The van der Waals surface area contributed by atoms with Gasteiger partial charge in [0.15, 0.2) is 0 Å². The fourth-order valence-corrected chi connectivity index (χ4v) is 3.86. The molecule has 0 spiro atoms. The van der Waals surface area contributed by atoms with Crippen LogP contribution in [0.1, 0.15) is 26.7 Å². The van der Waals surface area contributed by atoms with Crippen molar-refractivity contribution in [2.75, 3.05) is 25.1 Å². The first-order chi connectivity index (χ1) is 12.9. The molecule has 2 aromatic rings. The molecule has 0 radical (unpaired) electrons. The maximum atomic E-state index is 12.7. The van der Waals surface area contributed by atoms with E-state index in [1.165, 1.54) is 11.8 Å². The van der Waals surface area contributed by atoms with Crippen molar-refractivity contribution in [3.8, 4) is 5.69 Å². The maximum absolute atomic E-state index is 12.7. The monoisotopic (exact) mass is 389 g/mol. The Bertz CT molecular complexity index is 880. The highest BCUT2D eigenvalue weighted by atomic mass is 35.5. The number of methoxy groups -OCH3 is 1. The highest BCUT2D eigenvalue weighted by molar-refractivity contribution is 6.33. The zero-order chi connectivity index (χ0) is 19.6. The van der Waals surface area contributed by atoms with Gasteiger partial charge in [0, 0.05) is 13.1 Å². The molecule has 0 bridgehead atoms. The molecule has 27 heavy (non-hydrogen) atoms. The summed E-state index contributed by atoms with van der Waals surface area (Å²) in [5, 5.41) is 4.45. The average Bonchev–Trinajstić information content (AvgIpc) is 2.70. The number of hydrogen-bond donors (Lipinski definition) is 0. The van der Waals surface area contributed by atoms with E-state index in [-0.39, 0.29) is 22.5 Å². The van der Waals surface area contributed by atoms with Crippen molar-refractivity contribution in [3.63, 3.8) is 0 Å². The van der Waals surface area contributed by atoms with Crippen LogP contribution in [0, 0.1) is 11.3 Å². The van der Waals surface area contributed by atoms with Crippen LogP contribution < -0.4 is 10.5 Å². The van der Waals surface area contributed by atoms with Gasteiger partial charge in [0.1, 0.15) is 5.02 Å². The predicted molar refractivity (Wildman–Crippen MR) is 106 cm³/mol. The molecule has 1 aromatic heterocycles. The second-order valence-corrected chi connectivity index (χ2v) is 7.77. The molecule has 1 unspecified atom stereocenters. The minimum absolute atomic E-state index is 0.103. The van der Waals surface area contributed by atoms with Gasteiger partial charge in [-0.05, 0) is 44.7 Å². The number of anilines is 1. The molecule has 0 aliphatic carbocycles. The van der Waals surface area contributed by atoms with E-state index >= 15 is 0 Å². The van der Waals surface area contributed by atoms with Gasteiger partial charge in [-0.2, -0.15) is 9.78 Å². The van der Waals surface area contributed by atoms with Gasteiger partial charge in [-0.3, -0.25) is 9.59 Å². The third-order valence-corrected chi connectivity index (χ3v) is 5.75. The molecule has 7 heteroatoms. The minimum Gasteiger partial charge on any atom is -0.469 e. The van der Waals surface area contributed by atoms with E-state index in [0.717, 1.165) is 19.4 Å². The van der Waals surface area contributed by atoms with E-state index in [4.69, 9.17) is 16.3 Å². The Morgan fingerprint density at radius 1 is 1.30 bits per heavy atom. The van der Waals surface area contributed by atoms with Crippen molar-refractivity contribution in [1.82, 2.24) is 9.78 Å². The van der Waals surface area contributed by atoms with Crippen LogP contribution in [0.3, 0.4) is 0 Å². The van der Waals surface area contributed by atoms with Crippen molar-refractivity contribution in [2.45, 2.75) is 26.7 Å². The molecule has 144 valence electrons.